The molecule has 0 unspecified atom stereocenters. The van der Waals surface area contributed by atoms with E-state index in [2.05, 4.69) is 49.2 Å². The standard InChI is InChI=1S/C14H15N/c1-10-4-7-14(11(2)8-10)13-6-5-12(3)15-9-13/h4-9H,1-3H3. The molecule has 0 aliphatic carbocycles. The van der Waals surface area contributed by atoms with E-state index >= 15 is 0 Å². The van der Waals surface area contributed by atoms with Crippen LogP contribution in [-0.4, -0.2) is 4.98 Å². The van der Waals surface area contributed by atoms with Crippen LogP contribution in [0.3, 0.4) is 0 Å². The molecule has 0 aliphatic rings. The Morgan fingerprint density at radius 2 is 1.73 bits per heavy atom. The Labute approximate surface area is 90.8 Å². The van der Waals surface area contributed by atoms with Crippen molar-refractivity contribution in [3.05, 3.63) is 53.3 Å². The molecule has 0 atom stereocenters. The summed E-state index contributed by atoms with van der Waals surface area (Å²) >= 11 is 0. The molecule has 0 radical (unpaired) electrons. The van der Waals surface area contributed by atoms with Crippen molar-refractivity contribution in [2.45, 2.75) is 20.8 Å². The van der Waals surface area contributed by atoms with Crippen molar-refractivity contribution >= 4 is 0 Å². The molecule has 0 N–H and O–H groups in total. The molecule has 0 saturated heterocycles. The van der Waals surface area contributed by atoms with Gasteiger partial charge in [0, 0.05) is 17.5 Å². The second kappa shape index (κ2) is 3.85. The minimum absolute atomic E-state index is 1.06. The lowest BCUT2D eigenvalue weighted by atomic mass is 10.00. The normalized spacial score (nSPS) is 10.3. The van der Waals surface area contributed by atoms with E-state index in [1.165, 1.54) is 22.3 Å². The Morgan fingerprint density at radius 1 is 0.933 bits per heavy atom. The molecule has 0 bridgehead atoms. The molecule has 0 saturated carbocycles. The molecule has 0 amide bonds. The van der Waals surface area contributed by atoms with Crippen molar-refractivity contribution in [2.75, 3.05) is 0 Å². The monoisotopic (exact) mass is 197 g/mol. The van der Waals surface area contributed by atoms with Crippen LogP contribution in [0.1, 0.15) is 16.8 Å². The second-order valence-electron chi connectivity index (χ2n) is 4.01. The van der Waals surface area contributed by atoms with Gasteiger partial charge >= 0.3 is 0 Å². The Morgan fingerprint density at radius 3 is 2.33 bits per heavy atom. The quantitative estimate of drug-likeness (QED) is 0.679. The van der Waals surface area contributed by atoms with Gasteiger partial charge in [-0.2, -0.15) is 0 Å². The lowest BCUT2D eigenvalue weighted by Crippen LogP contribution is -1.86. The van der Waals surface area contributed by atoms with Gasteiger partial charge in [0.15, 0.2) is 0 Å². The average molecular weight is 197 g/mol. The van der Waals surface area contributed by atoms with Crippen molar-refractivity contribution in [3.63, 3.8) is 0 Å². The molecule has 1 heteroatoms. The second-order valence-corrected chi connectivity index (χ2v) is 4.01. The summed E-state index contributed by atoms with van der Waals surface area (Å²) in [5.41, 5.74) is 6.13. The maximum Gasteiger partial charge on any atom is 0.0373 e. The predicted molar refractivity (Wildman–Crippen MR) is 63.9 cm³/mol. The van der Waals surface area contributed by atoms with E-state index < -0.39 is 0 Å². The number of rotatable bonds is 1. The molecule has 1 aromatic carbocycles. The van der Waals surface area contributed by atoms with Gasteiger partial charge < -0.3 is 0 Å². The fraction of sp³-hybridized carbons (Fsp3) is 0.214. The molecule has 2 rings (SSSR count). The highest BCUT2D eigenvalue weighted by atomic mass is 14.7. The third-order valence-corrected chi connectivity index (χ3v) is 2.60. The van der Waals surface area contributed by atoms with Crippen LogP contribution in [0.5, 0.6) is 0 Å². The largest absolute Gasteiger partial charge is 0.261 e. The van der Waals surface area contributed by atoms with Crippen LogP contribution in [0.25, 0.3) is 11.1 Å². The van der Waals surface area contributed by atoms with E-state index in [4.69, 9.17) is 0 Å². The van der Waals surface area contributed by atoms with E-state index in [1.807, 2.05) is 13.1 Å². The topological polar surface area (TPSA) is 12.9 Å². The number of benzene rings is 1. The fourth-order valence-electron chi connectivity index (χ4n) is 1.76. The van der Waals surface area contributed by atoms with Crippen LogP contribution in [0.2, 0.25) is 0 Å². The van der Waals surface area contributed by atoms with Gasteiger partial charge in [0.05, 0.1) is 0 Å². The first-order valence-corrected chi connectivity index (χ1v) is 5.17. The zero-order valence-electron chi connectivity index (χ0n) is 9.41. The highest BCUT2D eigenvalue weighted by Crippen LogP contribution is 2.23. The summed E-state index contributed by atoms with van der Waals surface area (Å²) < 4.78 is 0. The third-order valence-electron chi connectivity index (χ3n) is 2.60. The summed E-state index contributed by atoms with van der Waals surface area (Å²) in [6.45, 7) is 6.26. The van der Waals surface area contributed by atoms with Crippen LogP contribution in [0.15, 0.2) is 36.5 Å². The lowest BCUT2D eigenvalue weighted by molar-refractivity contribution is 1.20. The van der Waals surface area contributed by atoms with Gasteiger partial charge in [0.2, 0.25) is 0 Å². The van der Waals surface area contributed by atoms with Gasteiger partial charge in [-0.3, -0.25) is 4.98 Å². The molecule has 2 aromatic rings. The highest BCUT2D eigenvalue weighted by Gasteiger charge is 2.01. The Hall–Kier alpha value is -1.63. The van der Waals surface area contributed by atoms with E-state index in [9.17, 15) is 0 Å². The third kappa shape index (κ3) is 2.07. The molecular formula is C14H15N. The minimum atomic E-state index is 1.06. The molecule has 76 valence electrons. The van der Waals surface area contributed by atoms with Gasteiger partial charge in [0.25, 0.3) is 0 Å². The Balaban J connectivity index is 2.49. The first-order chi connectivity index (χ1) is 7.16. The smallest absolute Gasteiger partial charge is 0.0373 e. The highest BCUT2D eigenvalue weighted by molar-refractivity contribution is 5.66. The number of nitrogens with zero attached hydrogens (tertiary/aromatic N) is 1. The van der Waals surface area contributed by atoms with Gasteiger partial charge in [-0.25, -0.2) is 0 Å². The molecule has 0 spiro atoms. The van der Waals surface area contributed by atoms with E-state index in [0.717, 1.165) is 5.69 Å². The molecule has 1 heterocycles. The number of aryl methyl sites for hydroxylation is 3. The van der Waals surface area contributed by atoms with Crippen LogP contribution in [-0.2, 0) is 0 Å². The summed E-state index contributed by atoms with van der Waals surface area (Å²) in [5, 5.41) is 0. The van der Waals surface area contributed by atoms with E-state index in [-0.39, 0.29) is 0 Å². The van der Waals surface area contributed by atoms with Crippen molar-refractivity contribution in [1.82, 2.24) is 4.98 Å². The molecule has 0 aliphatic heterocycles. The van der Waals surface area contributed by atoms with Crippen LogP contribution in [0, 0.1) is 20.8 Å². The summed E-state index contributed by atoms with van der Waals surface area (Å²) in [5.74, 6) is 0. The van der Waals surface area contributed by atoms with Crippen LogP contribution in [0.4, 0.5) is 0 Å². The zero-order valence-corrected chi connectivity index (χ0v) is 9.41. The molecule has 15 heavy (non-hydrogen) atoms. The van der Waals surface area contributed by atoms with Crippen molar-refractivity contribution in [1.29, 1.82) is 0 Å². The van der Waals surface area contributed by atoms with Crippen molar-refractivity contribution in [2.24, 2.45) is 0 Å². The SMILES string of the molecule is Cc1ccc(-c2ccc(C)nc2)c(C)c1. The van der Waals surface area contributed by atoms with Crippen LogP contribution < -0.4 is 0 Å². The first kappa shape index (κ1) is 9.91. The lowest BCUT2D eigenvalue weighted by Gasteiger charge is -2.06. The maximum absolute atomic E-state index is 4.32. The van der Waals surface area contributed by atoms with Gasteiger partial charge in [-0.1, -0.05) is 29.8 Å². The van der Waals surface area contributed by atoms with Crippen molar-refractivity contribution in [3.8, 4) is 11.1 Å². The van der Waals surface area contributed by atoms with E-state index in [1.54, 1.807) is 0 Å². The summed E-state index contributed by atoms with van der Waals surface area (Å²) in [7, 11) is 0. The molecule has 0 fully saturated rings. The minimum Gasteiger partial charge on any atom is -0.261 e. The Bertz CT molecular complexity index is 469. The summed E-state index contributed by atoms with van der Waals surface area (Å²) in [4.78, 5) is 4.32. The number of hydrogen-bond acceptors (Lipinski definition) is 1. The molecule has 1 aromatic heterocycles. The van der Waals surface area contributed by atoms with Gasteiger partial charge in [-0.05, 0) is 38.0 Å². The number of hydrogen-bond donors (Lipinski definition) is 0. The molecular weight excluding hydrogens is 182 g/mol. The predicted octanol–water partition coefficient (Wildman–Crippen LogP) is 3.67. The maximum atomic E-state index is 4.32. The fourth-order valence-corrected chi connectivity index (χ4v) is 1.76. The Kier molecular flexibility index (Phi) is 2.55. The van der Waals surface area contributed by atoms with Gasteiger partial charge in [-0.15, -0.1) is 0 Å². The number of aromatic nitrogens is 1. The average Bonchev–Trinajstić information content (AvgIpc) is 2.20. The first-order valence-electron chi connectivity index (χ1n) is 5.17. The van der Waals surface area contributed by atoms with Crippen LogP contribution >= 0.6 is 0 Å². The zero-order chi connectivity index (χ0) is 10.8. The van der Waals surface area contributed by atoms with Gasteiger partial charge in [0.1, 0.15) is 0 Å². The van der Waals surface area contributed by atoms with E-state index in [0.29, 0.717) is 0 Å². The summed E-state index contributed by atoms with van der Waals surface area (Å²) in [6.07, 6.45) is 1.94. The number of pyridine rings is 1. The van der Waals surface area contributed by atoms with Crippen molar-refractivity contribution < 1.29 is 0 Å². The molecule has 1 nitrogen and oxygen atoms in total. The summed E-state index contributed by atoms with van der Waals surface area (Å²) in [6, 6.07) is 10.7.